The molecule has 0 saturated heterocycles. The van der Waals surface area contributed by atoms with Crippen LogP contribution in [0.25, 0.3) is 0 Å². The minimum absolute atomic E-state index is 0.147. The van der Waals surface area contributed by atoms with Gasteiger partial charge in [-0.05, 0) is 18.6 Å². The van der Waals surface area contributed by atoms with E-state index >= 15 is 0 Å². The lowest BCUT2D eigenvalue weighted by molar-refractivity contribution is -0.133. The van der Waals surface area contributed by atoms with Crippen LogP contribution in [-0.4, -0.2) is 36.6 Å². The quantitative estimate of drug-likeness (QED) is 0.773. The van der Waals surface area contributed by atoms with Crippen LogP contribution in [0.5, 0.6) is 0 Å². The number of thioether (sulfide) groups is 1. The summed E-state index contributed by atoms with van der Waals surface area (Å²) in [7, 11) is 0. The maximum atomic E-state index is 11.7. The second-order valence-electron chi connectivity index (χ2n) is 3.85. The SMILES string of the molecule is Cc1cccnc1Cn1c(SCC(=O)O)n[nH]c1=O. The Morgan fingerprint density at radius 1 is 1.58 bits per heavy atom. The summed E-state index contributed by atoms with van der Waals surface area (Å²) in [6, 6.07) is 3.72. The topological polar surface area (TPSA) is 101 Å². The number of carbonyl (C=O) groups is 1. The van der Waals surface area contributed by atoms with Gasteiger partial charge in [0.05, 0.1) is 18.0 Å². The second kappa shape index (κ2) is 5.70. The van der Waals surface area contributed by atoms with Gasteiger partial charge in [-0.1, -0.05) is 17.8 Å². The van der Waals surface area contributed by atoms with Crippen LogP contribution in [0.4, 0.5) is 0 Å². The van der Waals surface area contributed by atoms with Crippen LogP contribution < -0.4 is 5.69 Å². The van der Waals surface area contributed by atoms with Gasteiger partial charge >= 0.3 is 11.7 Å². The number of aryl methyl sites for hydroxylation is 1. The van der Waals surface area contributed by atoms with Gasteiger partial charge in [-0.3, -0.25) is 14.3 Å². The van der Waals surface area contributed by atoms with E-state index in [1.807, 2.05) is 19.1 Å². The number of hydrogen-bond acceptors (Lipinski definition) is 5. The van der Waals surface area contributed by atoms with Crippen molar-refractivity contribution in [2.24, 2.45) is 0 Å². The first kappa shape index (κ1) is 13.3. The predicted molar refractivity (Wildman–Crippen MR) is 69.3 cm³/mol. The summed E-state index contributed by atoms with van der Waals surface area (Å²) in [4.78, 5) is 26.4. The Kier molecular flexibility index (Phi) is 4.00. The van der Waals surface area contributed by atoms with Crippen molar-refractivity contribution in [3.63, 3.8) is 0 Å². The number of carboxylic acids is 1. The zero-order valence-corrected chi connectivity index (χ0v) is 11.0. The van der Waals surface area contributed by atoms with Crippen molar-refractivity contribution < 1.29 is 9.90 Å². The molecule has 2 heterocycles. The van der Waals surface area contributed by atoms with Gasteiger partial charge in [0.15, 0.2) is 5.16 Å². The molecule has 8 heteroatoms. The standard InChI is InChI=1S/C11H12N4O3S/c1-7-3-2-4-12-8(7)5-15-10(18)13-14-11(15)19-6-9(16)17/h2-4H,5-6H2,1H3,(H,13,18)(H,16,17). The molecular formula is C11H12N4O3S. The van der Waals surface area contributed by atoms with Crippen molar-refractivity contribution in [2.45, 2.75) is 18.6 Å². The van der Waals surface area contributed by atoms with Crippen molar-refractivity contribution >= 4 is 17.7 Å². The van der Waals surface area contributed by atoms with E-state index < -0.39 is 5.97 Å². The average Bonchev–Trinajstić information content (AvgIpc) is 2.71. The molecule has 0 radical (unpaired) electrons. The van der Waals surface area contributed by atoms with Gasteiger partial charge in [0.25, 0.3) is 0 Å². The highest BCUT2D eigenvalue weighted by Crippen LogP contribution is 2.14. The third kappa shape index (κ3) is 3.22. The molecule has 0 unspecified atom stereocenters. The Labute approximate surface area is 112 Å². The number of pyridine rings is 1. The smallest absolute Gasteiger partial charge is 0.344 e. The van der Waals surface area contributed by atoms with E-state index in [0.717, 1.165) is 23.0 Å². The zero-order valence-electron chi connectivity index (χ0n) is 10.2. The molecule has 7 nitrogen and oxygen atoms in total. The van der Waals surface area contributed by atoms with Crippen LogP contribution in [0.2, 0.25) is 0 Å². The van der Waals surface area contributed by atoms with E-state index in [1.165, 1.54) is 4.57 Å². The molecular weight excluding hydrogens is 268 g/mol. The van der Waals surface area contributed by atoms with Gasteiger partial charge in [0, 0.05) is 6.20 Å². The Morgan fingerprint density at radius 3 is 3.05 bits per heavy atom. The predicted octanol–water partition coefficient (Wildman–Crippen LogP) is 0.500. The molecule has 0 saturated carbocycles. The lowest BCUT2D eigenvalue weighted by atomic mass is 10.2. The maximum absolute atomic E-state index is 11.7. The van der Waals surface area contributed by atoms with Gasteiger partial charge in [0.1, 0.15) is 0 Å². The van der Waals surface area contributed by atoms with Crippen LogP contribution in [-0.2, 0) is 11.3 Å². The summed E-state index contributed by atoms with van der Waals surface area (Å²) < 4.78 is 1.38. The fourth-order valence-electron chi connectivity index (χ4n) is 1.51. The molecule has 100 valence electrons. The first-order valence-electron chi connectivity index (χ1n) is 5.48. The Balaban J connectivity index is 2.25. The van der Waals surface area contributed by atoms with Crippen LogP contribution >= 0.6 is 11.8 Å². The number of nitrogens with zero attached hydrogens (tertiary/aromatic N) is 3. The Bertz CT molecular complexity index is 649. The molecule has 0 aromatic carbocycles. The molecule has 2 aromatic rings. The summed E-state index contributed by atoms with van der Waals surface area (Å²) in [5.74, 6) is -1.10. The van der Waals surface area contributed by atoms with E-state index in [9.17, 15) is 9.59 Å². The summed E-state index contributed by atoms with van der Waals surface area (Å²) in [5.41, 5.74) is 1.34. The van der Waals surface area contributed by atoms with Crippen molar-refractivity contribution in [3.8, 4) is 0 Å². The molecule has 0 spiro atoms. The van der Waals surface area contributed by atoms with E-state index in [2.05, 4.69) is 15.2 Å². The van der Waals surface area contributed by atoms with E-state index in [-0.39, 0.29) is 18.0 Å². The number of aromatic nitrogens is 4. The summed E-state index contributed by atoms with van der Waals surface area (Å²) >= 11 is 0.994. The highest BCUT2D eigenvalue weighted by Gasteiger charge is 2.12. The largest absolute Gasteiger partial charge is 0.481 e. The van der Waals surface area contributed by atoms with Crippen molar-refractivity contribution in [3.05, 3.63) is 40.1 Å². The molecule has 0 amide bonds. The number of H-pyrrole nitrogens is 1. The molecule has 0 atom stereocenters. The van der Waals surface area contributed by atoms with Gasteiger partial charge in [-0.2, -0.15) is 0 Å². The fraction of sp³-hybridized carbons (Fsp3) is 0.273. The molecule has 0 fully saturated rings. The minimum Gasteiger partial charge on any atom is -0.481 e. The second-order valence-corrected chi connectivity index (χ2v) is 4.79. The highest BCUT2D eigenvalue weighted by atomic mass is 32.2. The molecule has 0 aliphatic heterocycles. The Morgan fingerprint density at radius 2 is 2.37 bits per heavy atom. The molecule has 19 heavy (non-hydrogen) atoms. The summed E-state index contributed by atoms with van der Waals surface area (Å²) in [6.45, 7) is 2.17. The van der Waals surface area contributed by atoms with Crippen LogP contribution in [0.3, 0.4) is 0 Å². The van der Waals surface area contributed by atoms with E-state index in [1.54, 1.807) is 6.20 Å². The van der Waals surface area contributed by atoms with Gasteiger partial charge in [0.2, 0.25) is 0 Å². The summed E-state index contributed by atoms with van der Waals surface area (Å²) in [6.07, 6.45) is 1.65. The molecule has 2 N–H and O–H groups in total. The van der Waals surface area contributed by atoms with Crippen LogP contribution in [0, 0.1) is 6.92 Å². The number of aromatic amines is 1. The van der Waals surface area contributed by atoms with Gasteiger partial charge in [-0.15, -0.1) is 5.10 Å². The number of hydrogen-bond donors (Lipinski definition) is 2. The first-order valence-corrected chi connectivity index (χ1v) is 6.47. The Hall–Kier alpha value is -2.09. The third-order valence-corrected chi connectivity index (χ3v) is 3.43. The third-order valence-electron chi connectivity index (χ3n) is 2.47. The molecule has 0 aliphatic rings. The summed E-state index contributed by atoms with van der Waals surface area (Å²) in [5, 5.41) is 15.1. The van der Waals surface area contributed by atoms with Gasteiger partial charge in [-0.25, -0.2) is 9.89 Å². The van der Waals surface area contributed by atoms with E-state index in [4.69, 9.17) is 5.11 Å². The number of nitrogens with one attached hydrogen (secondary N) is 1. The lowest BCUT2D eigenvalue weighted by Gasteiger charge is -2.06. The van der Waals surface area contributed by atoms with E-state index in [0.29, 0.717) is 5.16 Å². The van der Waals surface area contributed by atoms with Crippen molar-refractivity contribution in [1.82, 2.24) is 19.7 Å². The molecule has 2 aromatic heterocycles. The molecule has 2 rings (SSSR count). The molecule has 0 bridgehead atoms. The molecule has 0 aliphatic carbocycles. The number of aliphatic carboxylic acids is 1. The maximum Gasteiger partial charge on any atom is 0.344 e. The first-order chi connectivity index (χ1) is 9.08. The number of carboxylic acid groups (broad SMARTS) is 1. The fourth-order valence-corrected chi connectivity index (χ4v) is 2.18. The monoisotopic (exact) mass is 280 g/mol. The minimum atomic E-state index is -0.957. The highest BCUT2D eigenvalue weighted by molar-refractivity contribution is 7.99. The zero-order chi connectivity index (χ0) is 13.8. The van der Waals surface area contributed by atoms with Crippen molar-refractivity contribution in [2.75, 3.05) is 5.75 Å². The van der Waals surface area contributed by atoms with Crippen LogP contribution in [0.15, 0.2) is 28.3 Å². The van der Waals surface area contributed by atoms with Crippen molar-refractivity contribution in [1.29, 1.82) is 0 Å². The lowest BCUT2D eigenvalue weighted by Crippen LogP contribution is -2.19. The average molecular weight is 280 g/mol. The number of rotatable bonds is 5. The normalized spacial score (nSPS) is 10.6. The van der Waals surface area contributed by atoms with Gasteiger partial charge < -0.3 is 5.11 Å². The van der Waals surface area contributed by atoms with Crippen LogP contribution in [0.1, 0.15) is 11.3 Å².